The summed E-state index contributed by atoms with van der Waals surface area (Å²) in [6.07, 6.45) is 0.547. The monoisotopic (exact) mass is 297 g/mol. The highest BCUT2D eigenvalue weighted by molar-refractivity contribution is 6.42. The van der Waals surface area contributed by atoms with Crippen molar-refractivity contribution in [2.75, 3.05) is 11.4 Å². The second-order valence-corrected chi connectivity index (χ2v) is 5.37. The molecule has 0 bridgehead atoms. The molecule has 1 saturated heterocycles. The number of carbonyl (C=O) groups excluding carboxylic acids is 2. The van der Waals surface area contributed by atoms with Crippen molar-refractivity contribution in [1.29, 1.82) is 0 Å². The van der Waals surface area contributed by atoms with Crippen molar-refractivity contribution in [2.45, 2.75) is 18.4 Å². The van der Waals surface area contributed by atoms with E-state index >= 15 is 0 Å². The van der Waals surface area contributed by atoms with Gasteiger partial charge in [0.15, 0.2) is 5.54 Å². The summed E-state index contributed by atoms with van der Waals surface area (Å²) < 4.78 is 0. The third-order valence-corrected chi connectivity index (χ3v) is 4.08. The molecule has 2 amide bonds. The Morgan fingerprint density at radius 3 is 2.63 bits per heavy atom. The molecule has 0 radical (unpaired) electrons. The smallest absolute Gasteiger partial charge is 0.264 e. The highest BCUT2D eigenvalue weighted by Crippen LogP contribution is 2.38. The largest absolute Gasteiger partial charge is 0.274 e. The van der Waals surface area contributed by atoms with Crippen molar-refractivity contribution in [3.05, 3.63) is 28.2 Å². The van der Waals surface area contributed by atoms with Gasteiger partial charge in [-0.2, -0.15) is 10.2 Å². The van der Waals surface area contributed by atoms with E-state index in [2.05, 4.69) is 10.2 Å². The van der Waals surface area contributed by atoms with Crippen LogP contribution in [0.5, 0.6) is 0 Å². The van der Waals surface area contributed by atoms with E-state index in [1.807, 2.05) is 0 Å². The fourth-order valence-corrected chi connectivity index (χ4v) is 2.65. The lowest BCUT2D eigenvalue weighted by molar-refractivity contribution is -0.122. The van der Waals surface area contributed by atoms with Gasteiger partial charge in [0.2, 0.25) is 5.91 Å². The summed E-state index contributed by atoms with van der Waals surface area (Å²) in [4.78, 5) is 25.6. The molecule has 3 rings (SSSR count). The van der Waals surface area contributed by atoms with E-state index in [9.17, 15) is 9.59 Å². The first-order valence-electron chi connectivity index (χ1n) is 5.75. The predicted molar refractivity (Wildman–Crippen MR) is 70.6 cm³/mol. The minimum Gasteiger partial charge on any atom is -0.274 e. The molecule has 1 fully saturated rings. The molecule has 0 N–H and O–H groups in total. The van der Waals surface area contributed by atoms with E-state index in [1.165, 1.54) is 6.07 Å². The topological polar surface area (TPSA) is 62.1 Å². The molecule has 2 heterocycles. The second-order valence-electron chi connectivity index (χ2n) is 4.56. The summed E-state index contributed by atoms with van der Waals surface area (Å²) in [6.45, 7) is 0.480. The Labute approximate surface area is 119 Å². The molecule has 0 saturated carbocycles. The Bertz CT molecular complexity index is 617. The second kappa shape index (κ2) is 4.28. The van der Waals surface area contributed by atoms with Crippen LogP contribution < -0.4 is 4.90 Å². The van der Waals surface area contributed by atoms with Crippen LogP contribution in [0.2, 0.25) is 10.0 Å². The Balaban J connectivity index is 2.01. The molecule has 1 aromatic carbocycles. The maximum absolute atomic E-state index is 12.4. The minimum atomic E-state index is -0.997. The maximum atomic E-state index is 12.4. The fourth-order valence-electron chi connectivity index (χ4n) is 2.36. The average Bonchev–Trinajstić information content (AvgIpc) is 2.91. The zero-order chi connectivity index (χ0) is 13.6. The van der Waals surface area contributed by atoms with E-state index in [1.54, 1.807) is 12.1 Å². The number of anilines is 1. The summed E-state index contributed by atoms with van der Waals surface area (Å²) >= 11 is 11.7. The van der Waals surface area contributed by atoms with Gasteiger partial charge in [-0.05, 0) is 18.2 Å². The van der Waals surface area contributed by atoms with Crippen LogP contribution >= 0.6 is 23.2 Å². The van der Waals surface area contributed by atoms with Gasteiger partial charge < -0.3 is 0 Å². The maximum Gasteiger partial charge on any atom is 0.264 e. The van der Waals surface area contributed by atoms with Crippen LogP contribution in [0.25, 0.3) is 0 Å². The molecule has 2 aliphatic rings. The van der Waals surface area contributed by atoms with Crippen LogP contribution in [0, 0.1) is 0 Å². The predicted octanol–water partition coefficient (Wildman–Crippen LogP) is 2.85. The summed E-state index contributed by atoms with van der Waals surface area (Å²) in [6, 6.07) is 4.65. The van der Waals surface area contributed by atoms with Crippen LogP contribution in [0.3, 0.4) is 0 Å². The summed E-state index contributed by atoms with van der Waals surface area (Å²) in [5, 5.41) is 8.48. The molecule has 0 aromatic heterocycles. The van der Waals surface area contributed by atoms with Crippen molar-refractivity contribution < 1.29 is 9.59 Å². The quantitative estimate of drug-likeness (QED) is 0.748. The highest BCUT2D eigenvalue weighted by atomic mass is 35.5. The first-order chi connectivity index (χ1) is 9.03. The molecule has 7 heteroatoms. The lowest BCUT2D eigenvalue weighted by Gasteiger charge is -2.18. The average molecular weight is 298 g/mol. The first-order valence-corrected chi connectivity index (χ1v) is 6.50. The van der Waals surface area contributed by atoms with Gasteiger partial charge in [-0.3, -0.25) is 9.59 Å². The fraction of sp³-hybridized carbons (Fsp3) is 0.333. The van der Waals surface area contributed by atoms with Crippen LogP contribution in [-0.2, 0) is 9.59 Å². The molecular weight excluding hydrogens is 289 g/mol. The minimum absolute atomic E-state index is 0.0651. The standard InChI is InChI=1S/C12H9Cl2N3O2/c13-8-2-1-7(5-9(8)14)17-10(18)6-12(11(17)19)3-4-15-16-12/h1-2,5H,3-4,6H2/t12-/m0/s1. The summed E-state index contributed by atoms with van der Waals surface area (Å²) in [7, 11) is 0. The lowest BCUT2D eigenvalue weighted by Crippen LogP contribution is -2.38. The van der Waals surface area contributed by atoms with Gasteiger partial charge in [-0.15, -0.1) is 0 Å². The van der Waals surface area contributed by atoms with Crippen molar-refractivity contribution >= 4 is 40.7 Å². The molecule has 5 nitrogen and oxygen atoms in total. The Morgan fingerprint density at radius 1 is 1.21 bits per heavy atom. The highest BCUT2D eigenvalue weighted by Gasteiger charge is 2.54. The van der Waals surface area contributed by atoms with Crippen molar-refractivity contribution in [2.24, 2.45) is 10.2 Å². The van der Waals surface area contributed by atoms with Crippen molar-refractivity contribution in [3.63, 3.8) is 0 Å². The van der Waals surface area contributed by atoms with Gasteiger partial charge in [0.05, 0.1) is 28.7 Å². The number of hydrogen-bond donors (Lipinski definition) is 0. The lowest BCUT2D eigenvalue weighted by atomic mass is 9.96. The number of imide groups is 1. The molecule has 0 unspecified atom stereocenters. The number of benzene rings is 1. The van der Waals surface area contributed by atoms with Crippen molar-refractivity contribution in [1.82, 2.24) is 0 Å². The number of halogens is 2. The summed E-state index contributed by atoms with van der Waals surface area (Å²) in [5.41, 5.74) is -0.577. The van der Waals surface area contributed by atoms with Gasteiger partial charge in [0.1, 0.15) is 0 Å². The number of nitrogens with zero attached hydrogens (tertiary/aromatic N) is 3. The van der Waals surface area contributed by atoms with Gasteiger partial charge >= 0.3 is 0 Å². The molecule has 2 aliphatic heterocycles. The number of rotatable bonds is 1. The molecular formula is C12H9Cl2N3O2. The third kappa shape index (κ3) is 1.84. The Kier molecular flexibility index (Phi) is 2.83. The van der Waals surface area contributed by atoms with Crippen LogP contribution in [-0.4, -0.2) is 23.9 Å². The zero-order valence-corrected chi connectivity index (χ0v) is 11.3. The van der Waals surface area contributed by atoms with E-state index in [-0.39, 0.29) is 18.2 Å². The molecule has 1 aromatic rings. The van der Waals surface area contributed by atoms with Crippen LogP contribution in [0.4, 0.5) is 5.69 Å². The van der Waals surface area contributed by atoms with E-state index in [0.717, 1.165) is 4.90 Å². The van der Waals surface area contributed by atoms with E-state index in [4.69, 9.17) is 23.2 Å². The molecule has 0 aliphatic carbocycles. The van der Waals surface area contributed by atoms with Crippen molar-refractivity contribution in [3.8, 4) is 0 Å². The van der Waals surface area contributed by atoms with Gasteiger partial charge in [-0.1, -0.05) is 23.2 Å². The zero-order valence-electron chi connectivity index (χ0n) is 9.77. The normalized spacial score (nSPS) is 25.9. The van der Waals surface area contributed by atoms with Crippen LogP contribution in [0.1, 0.15) is 12.8 Å². The van der Waals surface area contributed by atoms with E-state index < -0.39 is 5.54 Å². The summed E-state index contributed by atoms with van der Waals surface area (Å²) in [5.74, 6) is -0.624. The number of hydrogen-bond acceptors (Lipinski definition) is 4. The number of azo groups is 1. The van der Waals surface area contributed by atoms with Gasteiger partial charge in [-0.25, -0.2) is 4.90 Å². The van der Waals surface area contributed by atoms with Crippen LogP contribution in [0.15, 0.2) is 28.4 Å². The number of carbonyl (C=O) groups is 2. The first kappa shape index (κ1) is 12.6. The Hall–Kier alpha value is -1.46. The SMILES string of the molecule is O=C1C[C@@]2(CCN=N2)C(=O)N1c1ccc(Cl)c(Cl)c1. The van der Waals surface area contributed by atoms with Gasteiger partial charge in [0, 0.05) is 6.42 Å². The van der Waals surface area contributed by atoms with E-state index in [0.29, 0.717) is 28.7 Å². The third-order valence-electron chi connectivity index (χ3n) is 3.34. The molecule has 98 valence electrons. The molecule has 19 heavy (non-hydrogen) atoms. The number of amides is 2. The molecule has 1 atom stereocenters. The van der Waals surface area contributed by atoms with Gasteiger partial charge in [0.25, 0.3) is 5.91 Å². The Morgan fingerprint density at radius 2 is 2.00 bits per heavy atom. The molecule has 1 spiro atoms.